The van der Waals surface area contributed by atoms with Crippen molar-refractivity contribution >= 4 is 121 Å². The molecular weight excluding hydrogens is 1040 g/mol. The van der Waals surface area contributed by atoms with Gasteiger partial charge in [-0.2, -0.15) is 0 Å². The number of anilines is 6. The first-order chi connectivity index (χ1) is 41.8. The van der Waals surface area contributed by atoms with Crippen molar-refractivity contribution in [3.8, 4) is 11.1 Å². The molecule has 4 heteroatoms. The van der Waals surface area contributed by atoms with Crippen molar-refractivity contribution in [2.45, 2.75) is 89.9 Å². The van der Waals surface area contributed by atoms with Crippen LogP contribution in [0.15, 0.2) is 227 Å². The number of hydrogen-bond donors (Lipinski definition) is 0. The zero-order valence-electron chi connectivity index (χ0n) is 49.8. The van der Waals surface area contributed by atoms with E-state index in [4.69, 9.17) is 8.83 Å². The summed E-state index contributed by atoms with van der Waals surface area (Å²) >= 11 is 0. The fourth-order valence-electron chi connectivity index (χ4n) is 17.8. The van der Waals surface area contributed by atoms with Crippen molar-refractivity contribution in [3.63, 3.8) is 0 Å². The Balaban J connectivity index is 0.883. The van der Waals surface area contributed by atoms with Gasteiger partial charge in [0.25, 0.3) is 0 Å². The first-order valence-electron chi connectivity index (χ1n) is 31.5. The summed E-state index contributed by atoms with van der Waals surface area (Å²) in [7, 11) is 0. The minimum atomic E-state index is -0.191. The molecule has 4 nitrogen and oxygen atoms in total. The molecule has 0 atom stereocenters. The summed E-state index contributed by atoms with van der Waals surface area (Å²) in [6, 6.07) is 82.4. The molecule has 5 aliphatic carbocycles. The number of benzene rings is 12. The van der Waals surface area contributed by atoms with E-state index in [1.54, 1.807) is 0 Å². The highest BCUT2D eigenvalue weighted by Crippen LogP contribution is 2.71. The largest absolute Gasteiger partial charge is 0.456 e. The predicted octanol–water partition coefficient (Wildman–Crippen LogP) is 23.4. The van der Waals surface area contributed by atoms with Crippen molar-refractivity contribution in [1.29, 1.82) is 0 Å². The van der Waals surface area contributed by atoms with Crippen LogP contribution < -0.4 is 9.80 Å². The summed E-state index contributed by atoms with van der Waals surface area (Å²) in [6.45, 7) is 14.0. The topological polar surface area (TPSA) is 32.8 Å². The quantitative estimate of drug-likeness (QED) is 0.155. The SMILES string of the molecule is CC(C)(C)c1ccccc1N(c1ccc2c(ccc3ccccc32)c1)c1ccc2c(c1)oc1cc3c(cc12)C1(c2cc(N(c4ccc5c(ccc6ccccc65)c4)c4ccccc4C(C)(C)C)c4oc5ccccc5c4c2-3)C2CC3CC(C2)CC1C3. The molecular formula is C82H68N2O2. The normalized spacial score (nSPS) is 19.8. The molecule has 4 fully saturated rings. The van der Waals surface area contributed by atoms with Gasteiger partial charge < -0.3 is 18.6 Å². The Morgan fingerprint density at radius 3 is 1.47 bits per heavy atom. The molecule has 2 aromatic heterocycles. The molecule has 4 saturated carbocycles. The summed E-state index contributed by atoms with van der Waals surface area (Å²) in [4.78, 5) is 5.04. The van der Waals surface area contributed by atoms with Gasteiger partial charge in [-0.1, -0.05) is 181 Å². The molecule has 0 N–H and O–H groups in total. The van der Waals surface area contributed by atoms with Crippen LogP contribution in [0.2, 0.25) is 0 Å². The molecule has 5 aliphatic rings. The minimum absolute atomic E-state index is 0.107. The molecule has 418 valence electrons. The summed E-state index contributed by atoms with van der Waals surface area (Å²) in [6.07, 6.45) is 6.46. The molecule has 19 rings (SSSR count). The van der Waals surface area contributed by atoms with Gasteiger partial charge in [-0.25, -0.2) is 0 Å². The highest BCUT2D eigenvalue weighted by molar-refractivity contribution is 6.21. The number of nitrogens with zero attached hydrogens (tertiary/aromatic N) is 2. The lowest BCUT2D eigenvalue weighted by Gasteiger charge is -2.61. The molecule has 0 saturated heterocycles. The van der Waals surface area contributed by atoms with Crippen molar-refractivity contribution < 1.29 is 8.83 Å². The summed E-state index contributed by atoms with van der Waals surface area (Å²) in [5, 5.41) is 14.7. The van der Waals surface area contributed by atoms with E-state index in [1.165, 1.54) is 131 Å². The molecule has 0 radical (unpaired) electrons. The Labute approximate surface area is 502 Å². The third-order valence-electron chi connectivity index (χ3n) is 21.2. The molecule has 2 heterocycles. The standard InChI is InChI=1S/C82H68N2O2/c1-80(2,3)67-22-12-14-24-71(67)83(56-31-34-61-52(42-56)29-27-50-17-7-9-19-59(50)61)58-33-36-63-65-45-69-66(46-76(65)85-75(63)44-58)77-70(82(69)54-38-48-37-49(40-54)41-55(82)39-48)47-73(79-78(77)64-21-11-16-26-74(64)86-79)84(72-25-15-13-23-68(72)81(4,5)6)57-32-35-62-53(43-57)30-28-51-18-8-10-20-60(51)62/h7-36,42-49,54-55H,37-41H2,1-6H3. The van der Waals surface area contributed by atoms with E-state index in [2.05, 4.69) is 270 Å². The van der Waals surface area contributed by atoms with E-state index >= 15 is 0 Å². The Hall–Kier alpha value is -9.12. The number of rotatable bonds is 6. The van der Waals surface area contributed by atoms with E-state index in [0.29, 0.717) is 11.8 Å². The first-order valence-corrected chi connectivity index (χ1v) is 31.5. The van der Waals surface area contributed by atoms with Crippen LogP contribution in [-0.2, 0) is 16.2 Å². The number of para-hydroxylation sites is 3. The van der Waals surface area contributed by atoms with Gasteiger partial charge in [0.1, 0.15) is 16.7 Å². The number of hydrogen-bond acceptors (Lipinski definition) is 4. The summed E-state index contributed by atoms with van der Waals surface area (Å²) in [5.74, 6) is 2.60. The van der Waals surface area contributed by atoms with Crippen LogP contribution >= 0.6 is 0 Å². The summed E-state index contributed by atoms with van der Waals surface area (Å²) in [5.41, 5.74) is 18.2. The van der Waals surface area contributed by atoms with E-state index < -0.39 is 0 Å². The molecule has 0 unspecified atom stereocenters. The van der Waals surface area contributed by atoms with Crippen LogP contribution in [0, 0.1) is 23.7 Å². The number of furan rings is 2. The van der Waals surface area contributed by atoms with Gasteiger partial charge in [-0.05, 0) is 216 Å². The molecule has 86 heavy (non-hydrogen) atoms. The zero-order chi connectivity index (χ0) is 57.5. The fraction of sp³-hybridized carbons (Fsp3) is 0.220. The van der Waals surface area contributed by atoms with Crippen LogP contribution in [0.3, 0.4) is 0 Å². The summed E-state index contributed by atoms with van der Waals surface area (Å²) < 4.78 is 14.8. The van der Waals surface area contributed by atoms with E-state index in [-0.39, 0.29) is 16.2 Å². The van der Waals surface area contributed by atoms with Gasteiger partial charge in [0.15, 0.2) is 5.58 Å². The van der Waals surface area contributed by atoms with Crippen molar-refractivity contribution in [3.05, 3.63) is 241 Å². The third-order valence-corrected chi connectivity index (χ3v) is 21.2. The maximum Gasteiger partial charge on any atom is 0.160 e. The van der Waals surface area contributed by atoms with E-state index in [9.17, 15) is 0 Å². The van der Waals surface area contributed by atoms with Crippen LogP contribution in [0.1, 0.15) is 95.9 Å². The Morgan fingerprint density at radius 1 is 0.360 bits per heavy atom. The fourth-order valence-corrected chi connectivity index (χ4v) is 17.8. The van der Waals surface area contributed by atoms with Crippen LogP contribution in [0.4, 0.5) is 34.1 Å². The van der Waals surface area contributed by atoms with Gasteiger partial charge in [-0.3, -0.25) is 0 Å². The van der Waals surface area contributed by atoms with Crippen LogP contribution in [0.5, 0.6) is 0 Å². The van der Waals surface area contributed by atoms with Gasteiger partial charge in [0.2, 0.25) is 0 Å². The Kier molecular flexibility index (Phi) is 10.5. The van der Waals surface area contributed by atoms with Crippen molar-refractivity contribution in [2.75, 3.05) is 9.80 Å². The van der Waals surface area contributed by atoms with Crippen LogP contribution in [0.25, 0.3) is 98.1 Å². The minimum Gasteiger partial charge on any atom is -0.456 e. The highest BCUT2D eigenvalue weighted by Gasteiger charge is 2.62. The molecule has 1 spiro atoms. The second-order valence-corrected chi connectivity index (χ2v) is 28.1. The maximum absolute atomic E-state index is 7.46. The Bertz CT molecular complexity index is 5170. The molecule has 4 bridgehead atoms. The first kappa shape index (κ1) is 50.2. The van der Waals surface area contributed by atoms with E-state index in [1.807, 2.05) is 0 Å². The lowest BCUT2D eigenvalue weighted by atomic mass is 9.43. The van der Waals surface area contributed by atoms with Gasteiger partial charge in [0.05, 0.1) is 5.69 Å². The van der Waals surface area contributed by atoms with Gasteiger partial charge in [0, 0.05) is 61.5 Å². The predicted molar refractivity (Wildman–Crippen MR) is 361 cm³/mol. The molecule has 12 aromatic carbocycles. The second kappa shape index (κ2) is 18.0. The molecule has 0 amide bonds. The molecule has 0 aliphatic heterocycles. The third kappa shape index (κ3) is 7.16. The van der Waals surface area contributed by atoms with Crippen LogP contribution in [-0.4, -0.2) is 0 Å². The van der Waals surface area contributed by atoms with Crippen molar-refractivity contribution in [1.82, 2.24) is 0 Å². The lowest BCUT2D eigenvalue weighted by Crippen LogP contribution is -2.55. The van der Waals surface area contributed by atoms with Crippen molar-refractivity contribution in [2.24, 2.45) is 23.7 Å². The average Bonchev–Trinajstić information content (AvgIpc) is 1.48. The lowest BCUT2D eigenvalue weighted by molar-refractivity contribution is -0.0398. The number of fused-ring (bicyclic) bond motifs is 16. The Morgan fingerprint density at radius 2 is 0.849 bits per heavy atom. The van der Waals surface area contributed by atoms with Gasteiger partial charge >= 0.3 is 0 Å². The van der Waals surface area contributed by atoms with E-state index in [0.717, 1.165) is 67.7 Å². The average molecular weight is 1110 g/mol. The zero-order valence-corrected chi connectivity index (χ0v) is 49.8. The maximum atomic E-state index is 7.46. The highest BCUT2D eigenvalue weighted by atomic mass is 16.3. The second-order valence-electron chi connectivity index (χ2n) is 28.1. The van der Waals surface area contributed by atoms with Gasteiger partial charge in [-0.15, -0.1) is 0 Å². The molecule has 14 aromatic rings. The monoisotopic (exact) mass is 1110 g/mol. The smallest absolute Gasteiger partial charge is 0.160 e.